The Morgan fingerprint density at radius 2 is 1.38 bits per heavy atom. The molecule has 0 aromatic carbocycles. The third-order valence-electron chi connectivity index (χ3n) is 0.854. The summed E-state index contributed by atoms with van der Waals surface area (Å²) in [4.78, 5) is 0. The minimum Gasteiger partial charge on any atom is -0.320 e. The maximum absolute atomic E-state index is 3.06. The number of halogens is 1. The average molecular weight is 139 g/mol. The van der Waals surface area contributed by atoms with E-state index in [4.69, 9.17) is 0 Å². The summed E-state index contributed by atoms with van der Waals surface area (Å²) in [6.45, 7) is 2.22. The van der Waals surface area contributed by atoms with Gasteiger partial charge in [-0.05, 0) is 33.6 Å². The van der Waals surface area contributed by atoms with Crippen LogP contribution in [0.2, 0.25) is 0 Å². The zero-order chi connectivity index (χ0) is 5.54. The lowest BCUT2D eigenvalue weighted by Crippen LogP contribution is -2.15. The van der Waals surface area contributed by atoms with Crippen molar-refractivity contribution >= 4 is 12.4 Å². The van der Waals surface area contributed by atoms with Gasteiger partial charge in [-0.15, -0.1) is 12.4 Å². The van der Waals surface area contributed by atoms with E-state index >= 15 is 0 Å². The molecule has 0 radical (unpaired) electrons. The second-order valence-corrected chi connectivity index (χ2v) is 1.56. The monoisotopic (exact) mass is 138 g/mol. The van der Waals surface area contributed by atoms with Crippen molar-refractivity contribution in [2.24, 2.45) is 0 Å². The van der Waals surface area contributed by atoms with Crippen LogP contribution in [0.4, 0.5) is 0 Å². The molecule has 0 saturated heterocycles. The summed E-state index contributed by atoms with van der Waals surface area (Å²) in [7, 11) is 3.94. The second-order valence-electron chi connectivity index (χ2n) is 1.56. The average Bonchev–Trinajstić information content (AvgIpc) is 1.69. The first-order valence-corrected chi connectivity index (χ1v) is 2.71. The molecule has 0 heterocycles. The third-order valence-corrected chi connectivity index (χ3v) is 0.854. The van der Waals surface area contributed by atoms with E-state index in [0.29, 0.717) is 0 Å². The summed E-state index contributed by atoms with van der Waals surface area (Å²) in [6.07, 6.45) is 1.22. The topological polar surface area (TPSA) is 24.1 Å². The van der Waals surface area contributed by atoms with E-state index in [9.17, 15) is 0 Å². The number of rotatable bonds is 4. The lowest BCUT2D eigenvalue weighted by Gasteiger charge is -1.95. The highest BCUT2D eigenvalue weighted by Crippen LogP contribution is 1.66. The predicted molar refractivity (Wildman–Crippen MR) is 39.7 cm³/mol. The Morgan fingerprint density at radius 3 is 1.62 bits per heavy atom. The van der Waals surface area contributed by atoms with Crippen molar-refractivity contribution in [2.45, 2.75) is 6.42 Å². The van der Waals surface area contributed by atoms with Crippen LogP contribution < -0.4 is 10.6 Å². The lowest BCUT2D eigenvalue weighted by atomic mass is 10.4. The van der Waals surface area contributed by atoms with Crippen LogP contribution in [0.5, 0.6) is 0 Å². The summed E-state index contributed by atoms with van der Waals surface area (Å²) in [6, 6.07) is 0. The molecule has 0 bridgehead atoms. The van der Waals surface area contributed by atoms with Gasteiger partial charge in [-0.1, -0.05) is 0 Å². The van der Waals surface area contributed by atoms with E-state index in [1.54, 1.807) is 0 Å². The molecule has 0 rings (SSSR count). The van der Waals surface area contributed by atoms with E-state index in [2.05, 4.69) is 10.6 Å². The Kier molecular flexibility index (Phi) is 14.2. The zero-order valence-electron chi connectivity index (χ0n) is 5.53. The van der Waals surface area contributed by atoms with Gasteiger partial charge in [0.2, 0.25) is 0 Å². The largest absolute Gasteiger partial charge is 0.320 e. The molecule has 2 N–H and O–H groups in total. The maximum Gasteiger partial charge on any atom is -0.00398 e. The molecule has 2 nitrogen and oxygen atoms in total. The number of nitrogens with one attached hydrogen (secondary N) is 2. The van der Waals surface area contributed by atoms with Crippen molar-refractivity contribution in [3.63, 3.8) is 0 Å². The van der Waals surface area contributed by atoms with Crippen LogP contribution in [-0.4, -0.2) is 27.2 Å². The minimum atomic E-state index is 0. The van der Waals surface area contributed by atoms with Gasteiger partial charge in [0, 0.05) is 0 Å². The fraction of sp³-hybridized carbons (Fsp3) is 1.00. The standard InChI is InChI=1S/C5H14N2.ClH/c1-6-4-3-5-7-2;/h6-7H,3-5H2,1-2H3;1H. The van der Waals surface area contributed by atoms with E-state index in [1.807, 2.05) is 14.1 Å². The Balaban J connectivity index is 0. The molecule has 0 amide bonds. The van der Waals surface area contributed by atoms with Gasteiger partial charge in [0.15, 0.2) is 0 Å². The molecule has 8 heavy (non-hydrogen) atoms. The highest BCUT2D eigenvalue weighted by atomic mass is 35.5. The van der Waals surface area contributed by atoms with Gasteiger partial charge in [-0.2, -0.15) is 0 Å². The molecule has 0 aromatic heterocycles. The molecule has 0 saturated carbocycles. The molecule has 0 spiro atoms. The second kappa shape index (κ2) is 10.2. The SMILES string of the molecule is CNCCCNC.Cl. The molecule has 0 aliphatic rings. The number of hydrogen-bond acceptors (Lipinski definition) is 2. The van der Waals surface area contributed by atoms with Crippen LogP contribution in [0.3, 0.4) is 0 Å². The Morgan fingerprint density at radius 1 is 1.00 bits per heavy atom. The molecule has 0 aliphatic carbocycles. The van der Waals surface area contributed by atoms with Gasteiger partial charge in [-0.3, -0.25) is 0 Å². The van der Waals surface area contributed by atoms with Crippen molar-refractivity contribution in [1.82, 2.24) is 10.6 Å². The van der Waals surface area contributed by atoms with Crippen LogP contribution in [0.15, 0.2) is 0 Å². The zero-order valence-corrected chi connectivity index (χ0v) is 6.35. The molecular formula is C5H15ClN2. The molecule has 0 atom stereocenters. The molecule has 0 unspecified atom stereocenters. The molecular weight excluding hydrogens is 124 g/mol. The Labute approximate surface area is 57.5 Å². The van der Waals surface area contributed by atoms with Gasteiger partial charge in [0.25, 0.3) is 0 Å². The highest BCUT2D eigenvalue weighted by Gasteiger charge is 1.77. The molecule has 52 valence electrons. The smallest absolute Gasteiger partial charge is 0.00398 e. The summed E-state index contributed by atoms with van der Waals surface area (Å²) < 4.78 is 0. The van der Waals surface area contributed by atoms with E-state index in [-0.39, 0.29) is 12.4 Å². The normalized spacial score (nSPS) is 8.25. The highest BCUT2D eigenvalue weighted by molar-refractivity contribution is 5.85. The lowest BCUT2D eigenvalue weighted by molar-refractivity contribution is 0.676. The quantitative estimate of drug-likeness (QED) is 0.544. The summed E-state index contributed by atoms with van der Waals surface area (Å²) in [5, 5.41) is 6.12. The third kappa shape index (κ3) is 9.51. The van der Waals surface area contributed by atoms with Crippen LogP contribution in [0.1, 0.15) is 6.42 Å². The van der Waals surface area contributed by atoms with E-state index in [1.165, 1.54) is 6.42 Å². The van der Waals surface area contributed by atoms with Crippen molar-refractivity contribution in [2.75, 3.05) is 27.2 Å². The summed E-state index contributed by atoms with van der Waals surface area (Å²) in [5.74, 6) is 0. The molecule has 3 heteroatoms. The first-order chi connectivity index (χ1) is 3.41. The fourth-order valence-corrected chi connectivity index (χ4v) is 0.442. The Bertz CT molecular complexity index is 29.6. The maximum atomic E-state index is 3.06. The van der Waals surface area contributed by atoms with E-state index < -0.39 is 0 Å². The van der Waals surface area contributed by atoms with Gasteiger partial charge >= 0.3 is 0 Å². The fourth-order valence-electron chi connectivity index (χ4n) is 0.442. The van der Waals surface area contributed by atoms with E-state index in [0.717, 1.165) is 13.1 Å². The van der Waals surface area contributed by atoms with Crippen LogP contribution in [-0.2, 0) is 0 Å². The molecule has 0 aliphatic heterocycles. The van der Waals surface area contributed by atoms with Gasteiger partial charge in [0.1, 0.15) is 0 Å². The predicted octanol–water partition coefficient (Wildman–Crippen LogP) is 0.237. The van der Waals surface area contributed by atoms with Crippen LogP contribution in [0.25, 0.3) is 0 Å². The Hall–Kier alpha value is 0.210. The first-order valence-electron chi connectivity index (χ1n) is 2.71. The van der Waals surface area contributed by atoms with Crippen molar-refractivity contribution < 1.29 is 0 Å². The number of hydrogen-bond donors (Lipinski definition) is 2. The van der Waals surface area contributed by atoms with Crippen LogP contribution in [0, 0.1) is 0 Å². The van der Waals surface area contributed by atoms with Gasteiger partial charge in [0.05, 0.1) is 0 Å². The first kappa shape index (κ1) is 11.1. The summed E-state index contributed by atoms with van der Waals surface area (Å²) >= 11 is 0. The van der Waals surface area contributed by atoms with Crippen molar-refractivity contribution in [3.8, 4) is 0 Å². The molecule has 0 fully saturated rings. The van der Waals surface area contributed by atoms with Crippen molar-refractivity contribution in [1.29, 1.82) is 0 Å². The van der Waals surface area contributed by atoms with Gasteiger partial charge in [-0.25, -0.2) is 0 Å². The summed E-state index contributed by atoms with van der Waals surface area (Å²) in [5.41, 5.74) is 0. The van der Waals surface area contributed by atoms with Gasteiger partial charge < -0.3 is 10.6 Å². The minimum absolute atomic E-state index is 0. The van der Waals surface area contributed by atoms with Crippen LogP contribution >= 0.6 is 12.4 Å². The molecule has 0 aromatic rings. The van der Waals surface area contributed by atoms with Crippen molar-refractivity contribution in [3.05, 3.63) is 0 Å².